The molecule has 16 heavy (non-hydrogen) atoms. The van der Waals surface area contributed by atoms with Crippen molar-refractivity contribution in [3.8, 4) is 12.3 Å². The third kappa shape index (κ3) is 5.11. The summed E-state index contributed by atoms with van der Waals surface area (Å²) >= 11 is 0. The Balaban J connectivity index is 4.43. The van der Waals surface area contributed by atoms with Crippen molar-refractivity contribution in [2.75, 3.05) is 13.6 Å². The number of rotatable bonds is 7. The number of carbonyl (C=O) groups is 1. The average molecular weight is 248 g/mol. The van der Waals surface area contributed by atoms with Gasteiger partial charge in [0.25, 0.3) is 10.2 Å². The van der Waals surface area contributed by atoms with E-state index in [1.807, 2.05) is 0 Å². The van der Waals surface area contributed by atoms with Crippen LogP contribution in [0.25, 0.3) is 0 Å². The Morgan fingerprint density at radius 1 is 1.62 bits per heavy atom. The van der Waals surface area contributed by atoms with Crippen molar-refractivity contribution in [3.63, 3.8) is 0 Å². The molecule has 0 radical (unpaired) electrons. The van der Waals surface area contributed by atoms with Gasteiger partial charge in [-0.3, -0.25) is 4.79 Å². The molecule has 0 spiro atoms. The van der Waals surface area contributed by atoms with Crippen molar-refractivity contribution in [1.29, 1.82) is 0 Å². The van der Waals surface area contributed by atoms with Crippen LogP contribution in [0.1, 0.15) is 19.8 Å². The fourth-order valence-corrected chi connectivity index (χ4v) is 1.98. The van der Waals surface area contributed by atoms with Crippen molar-refractivity contribution < 1.29 is 18.3 Å². The van der Waals surface area contributed by atoms with Gasteiger partial charge in [-0.05, 0) is 6.42 Å². The summed E-state index contributed by atoms with van der Waals surface area (Å²) < 4.78 is 26.4. The molecule has 2 N–H and O–H groups in total. The molecule has 0 aliphatic carbocycles. The van der Waals surface area contributed by atoms with E-state index in [0.29, 0.717) is 6.42 Å². The third-order valence-electron chi connectivity index (χ3n) is 1.95. The van der Waals surface area contributed by atoms with E-state index >= 15 is 0 Å². The lowest BCUT2D eigenvalue weighted by Crippen LogP contribution is -2.43. The first-order chi connectivity index (χ1) is 7.33. The Kier molecular flexibility index (Phi) is 6.03. The first-order valence-electron chi connectivity index (χ1n) is 4.75. The molecule has 0 aromatic rings. The predicted molar refractivity (Wildman–Crippen MR) is 59.9 cm³/mol. The second-order valence-electron chi connectivity index (χ2n) is 3.22. The highest BCUT2D eigenvalue weighted by Crippen LogP contribution is 1.99. The molecule has 0 heterocycles. The topological polar surface area (TPSA) is 86.7 Å². The standard InChI is InChI=1S/C9H16N2O4S/c1-4-8(5-2)10-16(14,15)11(3)7-6-9(12)13/h1,8,10H,5-7H2,2-3H3,(H,12,13). The molecule has 0 aromatic heterocycles. The number of hydrogen-bond acceptors (Lipinski definition) is 3. The fourth-order valence-electron chi connectivity index (χ4n) is 0.878. The minimum absolute atomic E-state index is 0.0916. The molecule has 0 saturated heterocycles. The highest BCUT2D eigenvalue weighted by Gasteiger charge is 2.20. The van der Waals surface area contributed by atoms with E-state index < -0.39 is 22.2 Å². The van der Waals surface area contributed by atoms with Gasteiger partial charge in [0.2, 0.25) is 0 Å². The Labute approximate surface area is 95.8 Å². The lowest BCUT2D eigenvalue weighted by molar-refractivity contribution is -0.137. The maximum absolute atomic E-state index is 11.6. The van der Waals surface area contributed by atoms with Crippen LogP contribution in [-0.2, 0) is 15.0 Å². The van der Waals surface area contributed by atoms with Gasteiger partial charge in [-0.15, -0.1) is 6.42 Å². The summed E-state index contributed by atoms with van der Waals surface area (Å²) in [6, 6.07) is -0.572. The van der Waals surface area contributed by atoms with Crippen LogP contribution in [0.4, 0.5) is 0 Å². The molecular formula is C9H16N2O4S. The minimum atomic E-state index is -3.70. The van der Waals surface area contributed by atoms with Gasteiger partial charge < -0.3 is 5.11 Å². The second kappa shape index (κ2) is 6.48. The van der Waals surface area contributed by atoms with Crippen LogP contribution in [0.2, 0.25) is 0 Å². The zero-order valence-corrected chi connectivity index (χ0v) is 10.1. The van der Waals surface area contributed by atoms with E-state index in [2.05, 4.69) is 10.6 Å². The number of terminal acetylenes is 1. The molecule has 0 aromatic carbocycles. The molecule has 0 amide bonds. The van der Waals surface area contributed by atoms with Crippen molar-refractivity contribution in [1.82, 2.24) is 9.03 Å². The van der Waals surface area contributed by atoms with Crippen LogP contribution >= 0.6 is 0 Å². The molecule has 1 atom stereocenters. The largest absolute Gasteiger partial charge is 0.481 e. The number of carboxylic acids is 1. The van der Waals surface area contributed by atoms with Gasteiger partial charge in [0.15, 0.2) is 0 Å². The van der Waals surface area contributed by atoms with Crippen LogP contribution in [0.5, 0.6) is 0 Å². The van der Waals surface area contributed by atoms with E-state index in [1.54, 1.807) is 6.92 Å². The van der Waals surface area contributed by atoms with Gasteiger partial charge in [-0.2, -0.15) is 17.4 Å². The summed E-state index contributed by atoms with van der Waals surface area (Å²) in [6.45, 7) is 1.66. The van der Waals surface area contributed by atoms with Crippen molar-refractivity contribution in [2.24, 2.45) is 0 Å². The lowest BCUT2D eigenvalue weighted by Gasteiger charge is -2.19. The van der Waals surface area contributed by atoms with Crippen molar-refractivity contribution in [3.05, 3.63) is 0 Å². The van der Waals surface area contributed by atoms with Gasteiger partial charge >= 0.3 is 5.97 Å². The summed E-state index contributed by atoms with van der Waals surface area (Å²) in [4.78, 5) is 10.3. The van der Waals surface area contributed by atoms with Crippen LogP contribution in [0.15, 0.2) is 0 Å². The van der Waals surface area contributed by atoms with Gasteiger partial charge in [0.05, 0.1) is 12.5 Å². The Hall–Kier alpha value is -1.10. The monoisotopic (exact) mass is 248 g/mol. The Morgan fingerprint density at radius 3 is 2.56 bits per heavy atom. The quantitative estimate of drug-likeness (QED) is 0.602. The lowest BCUT2D eigenvalue weighted by atomic mass is 10.3. The maximum atomic E-state index is 11.6. The highest BCUT2D eigenvalue weighted by atomic mass is 32.2. The Bertz CT molecular complexity index is 371. The first kappa shape index (κ1) is 14.9. The maximum Gasteiger partial charge on any atom is 0.304 e. The number of nitrogens with one attached hydrogen (secondary N) is 1. The molecule has 0 aliphatic heterocycles. The van der Waals surface area contributed by atoms with E-state index in [9.17, 15) is 13.2 Å². The summed E-state index contributed by atoms with van der Waals surface area (Å²) in [7, 11) is -2.40. The summed E-state index contributed by atoms with van der Waals surface area (Å²) in [6.07, 6.45) is 5.35. The minimum Gasteiger partial charge on any atom is -0.481 e. The predicted octanol–water partition coefficient (Wildman–Crippen LogP) is -0.361. The third-order valence-corrected chi connectivity index (χ3v) is 3.54. The van der Waals surface area contributed by atoms with Gasteiger partial charge in [-0.1, -0.05) is 12.8 Å². The second-order valence-corrected chi connectivity index (χ2v) is 5.02. The van der Waals surface area contributed by atoms with Gasteiger partial charge in [0, 0.05) is 13.6 Å². The molecular weight excluding hydrogens is 232 g/mol. The van der Waals surface area contributed by atoms with Crippen molar-refractivity contribution in [2.45, 2.75) is 25.8 Å². The Morgan fingerprint density at radius 2 is 2.19 bits per heavy atom. The normalized spacial score (nSPS) is 13.4. The van der Waals surface area contributed by atoms with Crippen LogP contribution in [-0.4, -0.2) is 43.4 Å². The molecule has 7 heteroatoms. The van der Waals surface area contributed by atoms with Crippen LogP contribution in [0, 0.1) is 12.3 Å². The van der Waals surface area contributed by atoms with Crippen LogP contribution in [0.3, 0.4) is 0 Å². The van der Waals surface area contributed by atoms with E-state index in [1.165, 1.54) is 7.05 Å². The summed E-state index contributed by atoms with van der Waals surface area (Å²) in [5.41, 5.74) is 0. The molecule has 1 unspecified atom stereocenters. The zero-order chi connectivity index (χ0) is 12.8. The SMILES string of the molecule is C#CC(CC)NS(=O)(=O)N(C)CCC(=O)O. The molecule has 0 rings (SSSR count). The molecule has 0 saturated carbocycles. The van der Waals surface area contributed by atoms with E-state index in [-0.39, 0.29) is 13.0 Å². The average Bonchev–Trinajstić information content (AvgIpc) is 2.22. The molecule has 92 valence electrons. The number of carboxylic acid groups (broad SMARTS) is 1. The van der Waals surface area contributed by atoms with Crippen LogP contribution < -0.4 is 4.72 Å². The summed E-state index contributed by atoms with van der Waals surface area (Å²) in [5, 5.41) is 8.43. The van der Waals surface area contributed by atoms with E-state index in [4.69, 9.17) is 11.5 Å². The number of nitrogens with zero attached hydrogens (tertiary/aromatic N) is 1. The molecule has 0 aliphatic rings. The van der Waals surface area contributed by atoms with Gasteiger partial charge in [0.1, 0.15) is 0 Å². The number of hydrogen-bond donors (Lipinski definition) is 2. The fraction of sp³-hybridized carbons (Fsp3) is 0.667. The summed E-state index contributed by atoms with van der Waals surface area (Å²) in [5.74, 6) is 1.24. The smallest absolute Gasteiger partial charge is 0.304 e. The molecule has 0 bridgehead atoms. The number of aliphatic carboxylic acids is 1. The zero-order valence-electron chi connectivity index (χ0n) is 9.30. The first-order valence-corrected chi connectivity index (χ1v) is 6.19. The highest BCUT2D eigenvalue weighted by molar-refractivity contribution is 7.87. The van der Waals surface area contributed by atoms with Crippen molar-refractivity contribution >= 4 is 16.2 Å². The van der Waals surface area contributed by atoms with E-state index in [0.717, 1.165) is 4.31 Å². The molecule has 6 nitrogen and oxygen atoms in total. The van der Waals surface area contributed by atoms with Gasteiger partial charge in [-0.25, -0.2) is 0 Å². The molecule has 0 fully saturated rings.